The number of rotatable bonds is 5. The third kappa shape index (κ3) is 3.68. The number of benzene rings is 1. The van der Waals surface area contributed by atoms with Crippen LogP contribution in [0.15, 0.2) is 17.0 Å². The highest BCUT2D eigenvalue weighted by Crippen LogP contribution is 2.24. The van der Waals surface area contributed by atoms with Crippen molar-refractivity contribution in [2.45, 2.75) is 44.6 Å². The van der Waals surface area contributed by atoms with Gasteiger partial charge >= 0.3 is 0 Å². The van der Waals surface area contributed by atoms with Crippen molar-refractivity contribution in [3.8, 4) is 0 Å². The first-order valence-electron chi connectivity index (χ1n) is 6.18. The van der Waals surface area contributed by atoms with Crippen LogP contribution in [-0.2, 0) is 10.0 Å². The van der Waals surface area contributed by atoms with Crippen LogP contribution in [0.1, 0.15) is 31.4 Å². The lowest BCUT2D eigenvalue weighted by Gasteiger charge is -2.22. The van der Waals surface area contributed by atoms with E-state index in [1.807, 2.05) is 0 Å². The molecule has 0 heterocycles. The molecule has 1 aromatic rings. The van der Waals surface area contributed by atoms with Crippen molar-refractivity contribution in [1.29, 1.82) is 0 Å². The predicted octanol–water partition coefficient (Wildman–Crippen LogP) is 1.32. The SMILES string of the molecule is CCC(C)(O)CNS(=O)(=O)c1c(C)ccc(N)c1C. The molecule has 0 aliphatic heterocycles. The highest BCUT2D eigenvalue weighted by molar-refractivity contribution is 7.89. The maximum Gasteiger partial charge on any atom is 0.241 e. The van der Waals surface area contributed by atoms with Crippen molar-refractivity contribution in [3.05, 3.63) is 23.3 Å². The molecule has 1 rings (SSSR count). The molecule has 1 aromatic carbocycles. The van der Waals surface area contributed by atoms with Crippen LogP contribution in [-0.4, -0.2) is 25.7 Å². The van der Waals surface area contributed by atoms with Gasteiger partial charge < -0.3 is 10.8 Å². The summed E-state index contributed by atoms with van der Waals surface area (Å²) in [4.78, 5) is 0.194. The van der Waals surface area contributed by atoms with Crippen LogP contribution in [0.4, 0.5) is 5.69 Å². The fourth-order valence-electron chi connectivity index (χ4n) is 1.70. The van der Waals surface area contributed by atoms with Crippen LogP contribution >= 0.6 is 0 Å². The zero-order valence-corrected chi connectivity index (χ0v) is 12.6. The van der Waals surface area contributed by atoms with Crippen LogP contribution in [0.5, 0.6) is 0 Å². The zero-order chi connectivity index (χ0) is 14.8. The summed E-state index contributed by atoms with van der Waals surface area (Å²) in [5, 5.41) is 9.87. The smallest absolute Gasteiger partial charge is 0.241 e. The minimum atomic E-state index is -3.68. The van der Waals surface area contributed by atoms with Gasteiger partial charge in [0.2, 0.25) is 10.0 Å². The average molecular weight is 286 g/mol. The Morgan fingerprint density at radius 2 is 1.95 bits per heavy atom. The van der Waals surface area contributed by atoms with E-state index in [0.717, 1.165) is 0 Å². The maximum atomic E-state index is 12.3. The Bertz CT molecular complexity index is 565. The molecule has 0 spiro atoms. The number of aliphatic hydroxyl groups is 1. The van der Waals surface area contributed by atoms with Gasteiger partial charge in [0.05, 0.1) is 10.5 Å². The molecular formula is C13H22N2O3S. The van der Waals surface area contributed by atoms with Gasteiger partial charge in [-0.25, -0.2) is 13.1 Å². The molecule has 0 aliphatic rings. The van der Waals surface area contributed by atoms with Gasteiger partial charge in [0, 0.05) is 12.2 Å². The van der Waals surface area contributed by atoms with Crippen LogP contribution in [0.2, 0.25) is 0 Å². The molecule has 6 heteroatoms. The van der Waals surface area contributed by atoms with Crippen molar-refractivity contribution in [2.75, 3.05) is 12.3 Å². The summed E-state index contributed by atoms with van der Waals surface area (Å²) in [5.41, 5.74) is 6.30. The molecule has 0 saturated heterocycles. The Morgan fingerprint density at radius 3 is 2.47 bits per heavy atom. The van der Waals surface area contributed by atoms with E-state index in [9.17, 15) is 13.5 Å². The highest BCUT2D eigenvalue weighted by atomic mass is 32.2. The van der Waals surface area contributed by atoms with Crippen molar-refractivity contribution >= 4 is 15.7 Å². The minimum Gasteiger partial charge on any atom is -0.398 e. The van der Waals surface area contributed by atoms with E-state index < -0.39 is 15.6 Å². The van der Waals surface area contributed by atoms with Crippen molar-refractivity contribution in [2.24, 2.45) is 0 Å². The Labute approximate surface area is 114 Å². The molecule has 108 valence electrons. The van der Waals surface area contributed by atoms with E-state index in [0.29, 0.717) is 23.2 Å². The summed E-state index contributed by atoms with van der Waals surface area (Å²) in [6, 6.07) is 3.36. The number of hydrogen-bond donors (Lipinski definition) is 3. The number of sulfonamides is 1. The molecule has 0 aromatic heterocycles. The number of anilines is 1. The molecule has 1 atom stereocenters. The Balaban J connectivity index is 3.12. The molecule has 0 fully saturated rings. The average Bonchev–Trinajstić information content (AvgIpc) is 2.32. The topological polar surface area (TPSA) is 92.4 Å². The number of aryl methyl sites for hydroxylation is 1. The Morgan fingerprint density at radius 1 is 1.37 bits per heavy atom. The summed E-state index contributed by atoms with van der Waals surface area (Å²) in [6.45, 7) is 6.76. The zero-order valence-electron chi connectivity index (χ0n) is 11.8. The first kappa shape index (κ1) is 15.9. The van der Waals surface area contributed by atoms with Crippen molar-refractivity contribution < 1.29 is 13.5 Å². The van der Waals surface area contributed by atoms with Gasteiger partial charge in [-0.05, 0) is 44.4 Å². The summed E-state index contributed by atoms with van der Waals surface area (Å²) in [6.07, 6.45) is 0.463. The molecule has 0 amide bonds. The molecule has 5 nitrogen and oxygen atoms in total. The van der Waals surface area contributed by atoms with Crippen molar-refractivity contribution in [1.82, 2.24) is 4.72 Å². The molecular weight excluding hydrogens is 264 g/mol. The Kier molecular flexibility index (Phi) is 4.60. The molecule has 1 unspecified atom stereocenters. The number of nitrogens with one attached hydrogen (secondary N) is 1. The van der Waals surface area contributed by atoms with E-state index in [4.69, 9.17) is 5.73 Å². The third-order valence-corrected chi connectivity index (χ3v) is 5.01. The molecule has 0 bridgehead atoms. The number of nitrogen functional groups attached to an aromatic ring is 1. The lowest BCUT2D eigenvalue weighted by atomic mass is 10.1. The van der Waals surface area contributed by atoms with Gasteiger partial charge in [0.15, 0.2) is 0 Å². The van der Waals surface area contributed by atoms with E-state index in [1.54, 1.807) is 39.8 Å². The standard InChI is InChI=1S/C13H22N2O3S/c1-5-13(4,16)8-15-19(17,18)12-9(2)6-7-11(14)10(12)3/h6-7,15-16H,5,8,14H2,1-4H3. The summed E-state index contributed by atoms with van der Waals surface area (Å²) in [5.74, 6) is 0. The van der Waals surface area contributed by atoms with Crippen LogP contribution in [0.25, 0.3) is 0 Å². The lowest BCUT2D eigenvalue weighted by Crippen LogP contribution is -2.40. The quantitative estimate of drug-likeness (QED) is 0.712. The molecule has 0 radical (unpaired) electrons. The second-order valence-electron chi connectivity index (χ2n) is 5.10. The van der Waals surface area contributed by atoms with Crippen LogP contribution in [0, 0.1) is 13.8 Å². The third-order valence-electron chi connectivity index (χ3n) is 3.32. The van der Waals surface area contributed by atoms with Gasteiger partial charge in [0.25, 0.3) is 0 Å². The van der Waals surface area contributed by atoms with Crippen LogP contribution in [0.3, 0.4) is 0 Å². The molecule has 0 aliphatic carbocycles. The lowest BCUT2D eigenvalue weighted by molar-refractivity contribution is 0.0613. The van der Waals surface area contributed by atoms with E-state index in [1.165, 1.54) is 0 Å². The van der Waals surface area contributed by atoms with E-state index in [-0.39, 0.29) is 11.4 Å². The first-order chi connectivity index (χ1) is 8.60. The van der Waals surface area contributed by atoms with Gasteiger partial charge in [-0.15, -0.1) is 0 Å². The molecule has 19 heavy (non-hydrogen) atoms. The summed E-state index contributed by atoms with van der Waals surface area (Å²) in [7, 11) is -3.68. The second kappa shape index (κ2) is 5.48. The van der Waals surface area contributed by atoms with Gasteiger partial charge in [-0.2, -0.15) is 0 Å². The highest BCUT2D eigenvalue weighted by Gasteiger charge is 2.25. The minimum absolute atomic E-state index is 0.0283. The van der Waals surface area contributed by atoms with E-state index >= 15 is 0 Å². The molecule has 4 N–H and O–H groups in total. The monoisotopic (exact) mass is 286 g/mol. The van der Waals surface area contributed by atoms with Gasteiger partial charge in [-0.1, -0.05) is 13.0 Å². The van der Waals surface area contributed by atoms with Crippen molar-refractivity contribution in [3.63, 3.8) is 0 Å². The Hall–Kier alpha value is -1.11. The summed E-state index contributed by atoms with van der Waals surface area (Å²) >= 11 is 0. The normalized spacial score (nSPS) is 15.2. The molecule has 0 saturated carbocycles. The number of nitrogens with two attached hydrogens (primary N) is 1. The second-order valence-corrected chi connectivity index (χ2v) is 6.80. The van der Waals surface area contributed by atoms with E-state index in [2.05, 4.69) is 4.72 Å². The number of hydrogen-bond acceptors (Lipinski definition) is 4. The van der Waals surface area contributed by atoms with Gasteiger partial charge in [-0.3, -0.25) is 0 Å². The fourth-order valence-corrected chi connectivity index (χ4v) is 3.36. The maximum absolute atomic E-state index is 12.3. The van der Waals surface area contributed by atoms with Gasteiger partial charge in [0.1, 0.15) is 0 Å². The van der Waals surface area contributed by atoms with Crippen LogP contribution < -0.4 is 10.5 Å². The first-order valence-corrected chi connectivity index (χ1v) is 7.67. The predicted molar refractivity (Wildman–Crippen MR) is 76.4 cm³/mol. The fraction of sp³-hybridized carbons (Fsp3) is 0.538. The largest absolute Gasteiger partial charge is 0.398 e. The summed E-state index contributed by atoms with van der Waals surface area (Å²) < 4.78 is 27.1.